The van der Waals surface area contributed by atoms with Gasteiger partial charge in [0.2, 0.25) is 0 Å². The first-order valence-corrected chi connectivity index (χ1v) is 10.3. The lowest BCUT2D eigenvalue weighted by Gasteiger charge is -2.32. The molecule has 1 unspecified atom stereocenters. The smallest absolute Gasteiger partial charge is 0.126 e. The Morgan fingerprint density at radius 1 is 1.15 bits per heavy atom. The third kappa shape index (κ3) is 4.18. The zero-order valence-corrected chi connectivity index (χ0v) is 17.1. The van der Waals surface area contributed by atoms with Crippen LogP contribution >= 0.6 is 0 Å². The van der Waals surface area contributed by atoms with Gasteiger partial charge in [-0.1, -0.05) is 27.2 Å². The second kappa shape index (κ2) is 7.27. The van der Waals surface area contributed by atoms with Gasteiger partial charge in [0.15, 0.2) is 0 Å². The molecule has 1 N–H and O–H groups in total. The van der Waals surface area contributed by atoms with E-state index in [0.717, 1.165) is 29.4 Å². The second-order valence-corrected chi connectivity index (χ2v) is 9.24. The predicted molar refractivity (Wildman–Crippen MR) is 108 cm³/mol. The molecule has 2 fully saturated rings. The number of H-pyrrole nitrogens is 1. The van der Waals surface area contributed by atoms with E-state index in [9.17, 15) is 0 Å². The summed E-state index contributed by atoms with van der Waals surface area (Å²) in [5, 5.41) is 7.66. The van der Waals surface area contributed by atoms with Gasteiger partial charge in [0.25, 0.3) is 0 Å². The van der Waals surface area contributed by atoms with E-state index in [-0.39, 0.29) is 5.41 Å². The fourth-order valence-corrected chi connectivity index (χ4v) is 3.79. The molecule has 4 rings (SSSR count). The molecule has 1 saturated heterocycles. The molecule has 1 atom stereocenters. The van der Waals surface area contributed by atoms with Gasteiger partial charge in [0.1, 0.15) is 18.1 Å². The molecule has 27 heavy (non-hydrogen) atoms. The van der Waals surface area contributed by atoms with Crippen molar-refractivity contribution in [3.63, 3.8) is 0 Å². The Balaban J connectivity index is 1.56. The third-order valence-electron chi connectivity index (χ3n) is 5.91. The minimum absolute atomic E-state index is 0.0457. The van der Waals surface area contributed by atoms with Crippen molar-refractivity contribution in [2.24, 2.45) is 0 Å². The molecule has 0 bridgehead atoms. The standard InChI is InChI=1S/C22H32N4O/c1-22(2,3)21-12-19(24-25-21)18-11-20(17(13-23-18)15-8-9-15)27-14-16-7-5-6-10-26(16)4/h11-13,15-16H,5-10,14H2,1-4H3,(H,24,25). The largest absolute Gasteiger partial charge is 0.492 e. The maximum Gasteiger partial charge on any atom is 0.126 e. The Morgan fingerprint density at radius 2 is 1.96 bits per heavy atom. The minimum Gasteiger partial charge on any atom is -0.492 e. The number of nitrogens with zero attached hydrogens (tertiary/aromatic N) is 3. The van der Waals surface area contributed by atoms with E-state index in [1.807, 2.05) is 6.20 Å². The average Bonchev–Trinajstić information content (AvgIpc) is 3.35. The number of pyridine rings is 1. The summed E-state index contributed by atoms with van der Waals surface area (Å²) in [7, 11) is 2.21. The Morgan fingerprint density at radius 3 is 2.63 bits per heavy atom. The molecular formula is C22H32N4O. The number of piperidine rings is 1. The molecule has 3 heterocycles. The molecular weight excluding hydrogens is 336 g/mol. The van der Waals surface area contributed by atoms with E-state index in [4.69, 9.17) is 9.72 Å². The fourth-order valence-electron chi connectivity index (χ4n) is 3.79. The summed E-state index contributed by atoms with van der Waals surface area (Å²) in [6, 6.07) is 4.72. The molecule has 5 heteroatoms. The van der Waals surface area contributed by atoms with E-state index in [1.165, 1.54) is 44.2 Å². The van der Waals surface area contributed by atoms with Crippen molar-refractivity contribution >= 4 is 0 Å². The number of hydrogen-bond acceptors (Lipinski definition) is 4. The summed E-state index contributed by atoms with van der Waals surface area (Å²) in [5.74, 6) is 1.62. The van der Waals surface area contributed by atoms with Crippen LogP contribution in [0.25, 0.3) is 11.4 Å². The minimum atomic E-state index is 0.0457. The first kappa shape index (κ1) is 18.5. The van der Waals surface area contributed by atoms with Gasteiger partial charge in [-0.15, -0.1) is 0 Å². The highest BCUT2D eigenvalue weighted by molar-refractivity contribution is 5.58. The number of ether oxygens (including phenoxy) is 1. The summed E-state index contributed by atoms with van der Waals surface area (Å²) >= 11 is 0. The third-order valence-corrected chi connectivity index (χ3v) is 5.91. The van der Waals surface area contributed by atoms with E-state index in [1.54, 1.807) is 0 Å². The molecule has 0 aromatic carbocycles. The van der Waals surface area contributed by atoms with Gasteiger partial charge in [-0.05, 0) is 51.3 Å². The van der Waals surface area contributed by atoms with E-state index in [0.29, 0.717) is 12.0 Å². The van der Waals surface area contributed by atoms with Gasteiger partial charge in [0.05, 0.1) is 5.69 Å². The van der Waals surface area contributed by atoms with Gasteiger partial charge >= 0.3 is 0 Å². The molecule has 5 nitrogen and oxygen atoms in total. The van der Waals surface area contributed by atoms with Crippen molar-refractivity contribution in [3.8, 4) is 17.1 Å². The van der Waals surface area contributed by atoms with Crippen molar-refractivity contribution in [3.05, 3.63) is 29.6 Å². The van der Waals surface area contributed by atoms with Gasteiger partial charge in [-0.3, -0.25) is 10.1 Å². The molecule has 146 valence electrons. The van der Waals surface area contributed by atoms with Crippen molar-refractivity contribution in [1.29, 1.82) is 0 Å². The second-order valence-electron chi connectivity index (χ2n) is 9.24. The van der Waals surface area contributed by atoms with E-state index in [2.05, 4.69) is 55.0 Å². The highest BCUT2D eigenvalue weighted by Gasteiger charge is 2.29. The van der Waals surface area contributed by atoms with Crippen LogP contribution in [0.2, 0.25) is 0 Å². The van der Waals surface area contributed by atoms with Crippen LogP contribution in [0.1, 0.15) is 70.1 Å². The van der Waals surface area contributed by atoms with Crippen LogP contribution in [-0.2, 0) is 5.41 Å². The molecule has 2 aliphatic rings. The first-order valence-electron chi connectivity index (χ1n) is 10.3. The zero-order valence-electron chi connectivity index (χ0n) is 17.1. The van der Waals surface area contributed by atoms with E-state index < -0.39 is 0 Å². The molecule has 0 radical (unpaired) electrons. The summed E-state index contributed by atoms with van der Waals surface area (Å²) in [6.45, 7) is 8.48. The monoisotopic (exact) mass is 368 g/mol. The maximum absolute atomic E-state index is 6.36. The number of aromatic nitrogens is 3. The fraction of sp³-hybridized carbons (Fsp3) is 0.636. The van der Waals surface area contributed by atoms with Crippen LogP contribution in [0.4, 0.5) is 0 Å². The molecule has 1 aliphatic heterocycles. The van der Waals surface area contributed by atoms with Gasteiger partial charge in [0, 0.05) is 35.0 Å². The Kier molecular flexibility index (Phi) is 4.97. The molecule has 2 aromatic rings. The maximum atomic E-state index is 6.36. The number of hydrogen-bond donors (Lipinski definition) is 1. The number of aromatic amines is 1. The number of nitrogens with one attached hydrogen (secondary N) is 1. The molecule has 2 aromatic heterocycles. The highest BCUT2D eigenvalue weighted by atomic mass is 16.5. The first-order chi connectivity index (χ1) is 12.9. The van der Waals surface area contributed by atoms with Gasteiger partial charge in [-0.25, -0.2) is 0 Å². The predicted octanol–water partition coefficient (Wildman–Crippen LogP) is 4.51. The van der Waals surface area contributed by atoms with Gasteiger partial charge < -0.3 is 9.64 Å². The lowest BCUT2D eigenvalue weighted by atomic mass is 9.92. The van der Waals surface area contributed by atoms with Crippen molar-refractivity contribution in [2.45, 2.75) is 70.3 Å². The topological polar surface area (TPSA) is 54.0 Å². The normalized spacial score (nSPS) is 21.4. The number of rotatable bonds is 5. The SMILES string of the molecule is CN1CCCCC1COc1cc(-c2cc(C(C)(C)C)[nH]n2)ncc1C1CC1. The van der Waals surface area contributed by atoms with Crippen LogP contribution in [0.15, 0.2) is 18.3 Å². The van der Waals surface area contributed by atoms with Crippen LogP contribution in [0.5, 0.6) is 5.75 Å². The molecule has 0 spiro atoms. The number of likely N-dealkylation sites (N-methyl/N-ethyl adjacent to an activating group) is 1. The number of likely N-dealkylation sites (tertiary alicyclic amines) is 1. The Bertz CT molecular complexity index is 788. The van der Waals surface area contributed by atoms with E-state index >= 15 is 0 Å². The average molecular weight is 369 g/mol. The van der Waals surface area contributed by atoms with Crippen LogP contribution in [-0.4, -0.2) is 46.3 Å². The van der Waals surface area contributed by atoms with Crippen LogP contribution in [0, 0.1) is 0 Å². The Labute approximate surface area is 162 Å². The molecule has 1 aliphatic carbocycles. The lowest BCUT2D eigenvalue weighted by Crippen LogP contribution is -2.40. The van der Waals surface area contributed by atoms with Crippen LogP contribution in [0.3, 0.4) is 0 Å². The summed E-state index contributed by atoms with van der Waals surface area (Å²) in [4.78, 5) is 7.14. The molecule has 0 amide bonds. The lowest BCUT2D eigenvalue weighted by molar-refractivity contribution is 0.124. The zero-order chi connectivity index (χ0) is 19.0. The van der Waals surface area contributed by atoms with Crippen molar-refractivity contribution in [2.75, 3.05) is 20.2 Å². The van der Waals surface area contributed by atoms with Crippen LogP contribution < -0.4 is 4.74 Å². The van der Waals surface area contributed by atoms with Crippen molar-refractivity contribution < 1.29 is 4.74 Å². The highest BCUT2D eigenvalue weighted by Crippen LogP contribution is 2.44. The molecule has 1 saturated carbocycles. The summed E-state index contributed by atoms with van der Waals surface area (Å²) in [5.41, 5.74) is 4.21. The summed E-state index contributed by atoms with van der Waals surface area (Å²) in [6.07, 6.45) is 8.34. The Hall–Kier alpha value is -1.88. The van der Waals surface area contributed by atoms with Crippen molar-refractivity contribution in [1.82, 2.24) is 20.1 Å². The quantitative estimate of drug-likeness (QED) is 0.844. The summed E-state index contributed by atoms with van der Waals surface area (Å²) < 4.78 is 6.36. The van der Waals surface area contributed by atoms with Gasteiger partial charge in [-0.2, -0.15) is 5.10 Å².